The van der Waals surface area contributed by atoms with Crippen LogP contribution in [0.1, 0.15) is 48.2 Å². The molecule has 1 aliphatic carbocycles. The van der Waals surface area contributed by atoms with E-state index in [1.54, 1.807) is 11.3 Å². The molecule has 4 heterocycles. The van der Waals surface area contributed by atoms with Crippen molar-refractivity contribution in [3.63, 3.8) is 0 Å². The van der Waals surface area contributed by atoms with Crippen molar-refractivity contribution >= 4 is 21.4 Å². The first-order valence-electron chi connectivity index (χ1n) is 8.83. The molecule has 1 fully saturated rings. The summed E-state index contributed by atoms with van der Waals surface area (Å²) in [5.41, 5.74) is 3.87. The molecule has 0 N–H and O–H groups in total. The van der Waals surface area contributed by atoms with Crippen molar-refractivity contribution in [1.82, 2.24) is 24.1 Å². The topological polar surface area (TPSA) is 51.2 Å². The van der Waals surface area contributed by atoms with Crippen molar-refractivity contribution in [2.45, 2.75) is 52.0 Å². The largest absolute Gasteiger partial charge is 0.344 e. The highest BCUT2D eigenvalue weighted by Gasteiger charge is 2.30. The van der Waals surface area contributed by atoms with E-state index >= 15 is 0 Å². The van der Waals surface area contributed by atoms with Crippen LogP contribution in [0.4, 0.5) is 5.13 Å². The van der Waals surface area contributed by atoms with E-state index in [1.807, 2.05) is 17.6 Å². The van der Waals surface area contributed by atoms with Gasteiger partial charge in [0.1, 0.15) is 5.82 Å². The number of hydrogen-bond acceptors (Lipinski definition) is 5. The molecule has 0 bridgehead atoms. The average molecular weight is 342 g/mol. The molecule has 0 radical (unpaired) electrons. The van der Waals surface area contributed by atoms with Crippen molar-refractivity contribution in [1.29, 1.82) is 0 Å². The Labute approximate surface area is 145 Å². The quantitative estimate of drug-likeness (QED) is 0.718. The van der Waals surface area contributed by atoms with Gasteiger partial charge in [-0.1, -0.05) is 11.3 Å². The van der Waals surface area contributed by atoms with Crippen molar-refractivity contribution in [3.05, 3.63) is 29.1 Å². The first-order chi connectivity index (χ1) is 11.7. The summed E-state index contributed by atoms with van der Waals surface area (Å²) in [4.78, 5) is 12.8. The molecule has 126 valence electrons. The van der Waals surface area contributed by atoms with Crippen LogP contribution in [0, 0.1) is 13.8 Å². The summed E-state index contributed by atoms with van der Waals surface area (Å²) in [6.45, 7) is 6.27. The number of fused-ring (bicyclic) bond motifs is 2. The van der Waals surface area contributed by atoms with Crippen molar-refractivity contribution < 1.29 is 0 Å². The van der Waals surface area contributed by atoms with Gasteiger partial charge in [-0.15, -0.1) is 5.10 Å². The lowest BCUT2D eigenvalue weighted by molar-refractivity contribution is 0.505. The molecular weight excluding hydrogens is 320 g/mol. The fourth-order valence-electron chi connectivity index (χ4n) is 4.24. The van der Waals surface area contributed by atoms with Crippen LogP contribution < -0.4 is 4.90 Å². The number of aryl methyl sites for hydroxylation is 3. The summed E-state index contributed by atoms with van der Waals surface area (Å²) in [5, 5.41) is 5.80. The lowest BCUT2D eigenvalue weighted by Gasteiger charge is -2.21. The Kier molecular flexibility index (Phi) is 3.20. The fourth-order valence-corrected chi connectivity index (χ4v) is 5.20. The normalized spacial score (nSPS) is 20.9. The molecule has 1 atom stereocenters. The Hall–Kier alpha value is -1.89. The van der Waals surface area contributed by atoms with Crippen LogP contribution in [-0.4, -0.2) is 37.2 Å². The third kappa shape index (κ3) is 2.17. The number of imidazole rings is 2. The molecule has 0 amide bonds. The van der Waals surface area contributed by atoms with Gasteiger partial charge in [-0.05, 0) is 46.0 Å². The highest BCUT2D eigenvalue weighted by atomic mass is 32.1. The zero-order valence-corrected chi connectivity index (χ0v) is 15.0. The van der Waals surface area contributed by atoms with Gasteiger partial charge in [-0.2, -0.15) is 0 Å². The van der Waals surface area contributed by atoms with Gasteiger partial charge in [-0.25, -0.2) is 14.5 Å². The zero-order chi connectivity index (χ0) is 16.3. The van der Waals surface area contributed by atoms with Crippen LogP contribution in [-0.2, 0) is 12.8 Å². The first-order valence-corrected chi connectivity index (χ1v) is 9.65. The molecule has 3 aromatic rings. The lowest BCUT2D eigenvalue weighted by Crippen LogP contribution is -2.22. The highest BCUT2D eigenvalue weighted by Crippen LogP contribution is 2.33. The van der Waals surface area contributed by atoms with E-state index in [0.717, 1.165) is 35.3 Å². The molecule has 0 saturated carbocycles. The van der Waals surface area contributed by atoms with Gasteiger partial charge in [0.2, 0.25) is 10.1 Å². The summed E-state index contributed by atoms with van der Waals surface area (Å²) in [6.07, 6.45) is 8.11. The van der Waals surface area contributed by atoms with Crippen LogP contribution in [0.5, 0.6) is 0 Å². The van der Waals surface area contributed by atoms with E-state index in [0.29, 0.717) is 6.04 Å². The Bertz CT molecular complexity index is 872. The van der Waals surface area contributed by atoms with Crippen LogP contribution >= 0.6 is 11.3 Å². The number of nitrogens with zero attached hydrogens (tertiary/aromatic N) is 6. The smallest absolute Gasteiger partial charge is 0.214 e. The molecule has 6 nitrogen and oxygen atoms in total. The fraction of sp³-hybridized carbons (Fsp3) is 0.588. The van der Waals surface area contributed by atoms with Crippen molar-refractivity contribution in [2.24, 2.45) is 0 Å². The third-order valence-electron chi connectivity index (χ3n) is 5.30. The predicted octanol–water partition coefficient (Wildman–Crippen LogP) is 2.93. The summed E-state index contributed by atoms with van der Waals surface area (Å²) < 4.78 is 4.43. The highest BCUT2D eigenvalue weighted by molar-refractivity contribution is 7.20. The molecule has 1 aliphatic heterocycles. The standard InChI is InChI=1S/C17H22N6S/c1-11-9-22-16(18-11)24-17(20-22)21-8-7-13(10-21)23-12(2)19-14-5-3-4-6-15(14)23/h9,13H,3-8,10H2,1-2H3/t13-/m0/s1. The maximum atomic E-state index is 4.85. The number of rotatable bonds is 2. The van der Waals surface area contributed by atoms with E-state index in [9.17, 15) is 0 Å². The third-order valence-corrected chi connectivity index (χ3v) is 6.28. The zero-order valence-electron chi connectivity index (χ0n) is 14.2. The SMILES string of the molecule is Cc1cn2nc(N3CC[C@H](n4c(C)nc5c4CCCC5)C3)sc2n1. The van der Waals surface area contributed by atoms with Gasteiger partial charge < -0.3 is 9.47 Å². The maximum Gasteiger partial charge on any atom is 0.214 e. The second-order valence-corrected chi connectivity index (χ2v) is 7.95. The maximum absolute atomic E-state index is 4.85. The van der Waals surface area contributed by atoms with Gasteiger partial charge in [0, 0.05) is 18.8 Å². The summed E-state index contributed by atoms with van der Waals surface area (Å²) in [5.74, 6) is 1.19. The van der Waals surface area contributed by atoms with Crippen molar-refractivity contribution in [3.8, 4) is 0 Å². The molecule has 0 spiro atoms. The molecule has 3 aromatic heterocycles. The monoisotopic (exact) mass is 342 g/mol. The summed E-state index contributed by atoms with van der Waals surface area (Å²) in [7, 11) is 0. The Morgan fingerprint density at radius 2 is 2.04 bits per heavy atom. The Morgan fingerprint density at radius 1 is 1.17 bits per heavy atom. The summed E-state index contributed by atoms with van der Waals surface area (Å²) >= 11 is 1.69. The molecule has 0 unspecified atom stereocenters. The average Bonchev–Trinajstić information content (AvgIpc) is 3.27. The number of aromatic nitrogens is 5. The molecule has 5 rings (SSSR count). The van der Waals surface area contributed by atoms with E-state index in [1.165, 1.54) is 42.9 Å². The van der Waals surface area contributed by atoms with Crippen LogP contribution in [0.3, 0.4) is 0 Å². The predicted molar refractivity (Wildman–Crippen MR) is 95.1 cm³/mol. The molecular formula is C17H22N6S. The van der Waals surface area contributed by atoms with Gasteiger partial charge in [0.25, 0.3) is 0 Å². The second-order valence-electron chi connectivity index (χ2n) is 7.01. The van der Waals surface area contributed by atoms with E-state index in [2.05, 4.69) is 21.4 Å². The minimum atomic E-state index is 0.525. The molecule has 1 saturated heterocycles. The Morgan fingerprint density at radius 3 is 2.92 bits per heavy atom. The van der Waals surface area contributed by atoms with E-state index in [4.69, 9.17) is 10.1 Å². The van der Waals surface area contributed by atoms with Crippen LogP contribution in [0.15, 0.2) is 6.20 Å². The molecule has 2 aliphatic rings. The van der Waals surface area contributed by atoms with E-state index in [-0.39, 0.29) is 0 Å². The van der Waals surface area contributed by atoms with Crippen molar-refractivity contribution in [2.75, 3.05) is 18.0 Å². The lowest BCUT2D eigenvalue weighted by atomic mass is 10.0. The number of anilines is 1. The van der Waals surface area contributed by atoms with Gasteiger partial charge in [0.15, 0.2) is 0 Å². The molecule has 24 heavy (non-hydrogen) atoms. The minimum absolute atomic E-state index is 0.525. The second kappa shape index (κ2) is 5.31. The minimum Gasteiger partial charge on any atom is -0.344 e. The summed E-state index contributed by atoms with van der Waals surface area (Å²) in [6, 6.07) is 0.525. The van der Waals surface area contributed by atoms with E-state index < -0.39 is 0 Å². The van der Waals surface area contributed by atoms with Gasteiger partial charge >= 0.3 is 0 Å². The Balaban J connectivity index is 1.42. The van der Waals surface area contributed by atoms with Gasteiger partial charge in [-0.3, -0.25) is 0 Å². The number of hydrogen-bond donors (Lipinski definition) is 0. The first kappa shape index (κ1) is 14.5. The van der Waals surface area contributed by atoms with Crippen LogP contribution in [0.25, 0.3) is 4.96 Å². The molecule has 7 heteroatoms. The van der Waals surface area contributed by atoms with Crippen LogP contribution in [0.2, 0.25) is 0 Å². The molecule has 0 aromatic carbocycles. The van der Waals surface area contributed by atoms with Gasteiger partial charge in [0.05, 0.1) is 23.6 Å².